The van der Waals surface area contributed by atoms with E-state index in [1.165, 1.54) is 6.07 Å². The summed E-state index contributed by atoms with van der Waals surface area (Å²) in [5, 5.41) is 20.6. The minimum absolute atomic E-state index is 0.0959. The maximum Gasteiger partial charge on any atom is 0.312 e. The summed E-state index contributed by atoms with van der Waals surface area (Å²) in [7, 11) is 0. The molecule has 0 amide bonds. The lowest BCUT2D eigenvalue weighted by Crippen LogP contribution is -1.97. The van der Waals surface area contributed by atoms with Crippen LogP contribution >= 0.6 is 15.9 Å². The number of nitro benzene ring substituents is 1. The molecule has 0 aliphatic carbocycles. The SMILES string of the molecule is Cc1cc(Br)cc([N+](=O)[O-])c1Oc1ccc(C(C)O)cc1. The molecular formula is C15H14BrNO4. The van der Waals surface area contributed by atoms with E-state index in [2.05, 4.69) is 15.9 Å². The summed E-state index contributed by atoms with van der Waals surface area (Å²) in [6.07, 6.45) is -0.567. The first-order valence-electron chi connectivity index (χ1n) is 6.29. The normalized spacial score (nSPS) is 12.0. The largest absolute Gasteiger partial charge is 0.450 e. The Morgan fingerprint density at radius 1 is 1.29 bits per heavy atom. The number of halogens is 1. The first-order chi connectivity index (χ1) is 9.88. The van der Waals surface area contributed by atoms with Crippen LogP contribution in [0.15, 0.2) is 40.9 Å². The summed E-state index contributed by atoms with van der Waals surface area (Å²) in [6.45, 7) is 3.41. The lowest BCUT2D eigenvalue weighted by Gasteiger charge is -2.11. The molecule has 1 N–H and O–H groups in total. The Bertz CT molecular complexity index is 668. The Hall–Kier alpha value is -1.92. The van der Waals surface area contributed by atoms with Crippen LogP contribution in [0.3, 0.4) is 0 Å². The van der Waals surface area contributed by atoms with E-state index in [0.717, 1.165) is 5.56 Å². The van der Waals surface area contributed by atoms with Crippen LogP contribution in [0.25, 0.3) is 0 Å². The molecule has 0 heterocycles. The first kappa shape index (κ1) is 15.5. The third kappa shape index (κ3) is 3.59. The number of benzene rings is 2. The maximum absolute atomic E-state index is 11.1. The number of nitrogens with zero attached hydrogens (tertiary/aromatic N) is 1. The predicted octanol–water partition coefficient (Wildman–Crippen LogP) is 4.51. The summed E-state index contributed by atoms with van der Waals surface area (Å²) in [5.41, 5.74) is 1.32. The number of hydrogen-bond acceptors (Lipinski definition) is 4. The van der Waals surface area contributed by atoms with Crippen LogP contribution in [0, 0.1) is 17.0 Å². The molecule has 0 radical (unpaired) electrons. The van der Waals surface area contributed by atoms with Crippen LogP contribution in [0.5, 0.6) is 11.5 Å². The number of rotatable bonds is 4. The van der Waals surface area contributed by atoms with Gasteiger partial charge in [0.15, 0.2) is 0 Å². The fourth-order valence-corrected chi connectivity index (χ4v) is 2.47. The van der Waals surface area contributed by atoms with Gasteiger partial charge in [-0.1, -0.05) is 28.1 Å². The summed E-state index contributed by atoms with van der Waals surface area (Å²) >= 11 is 3.24. The third-order valence-corrected chi connectivity index (χ3v) is 3.46. The van der Waals surface area contributed by atoms with E-state index >= 15 is 0 Å². The summed E-state index contributed by atoms with van der Waals surface area (Å²) in [4.78, 5) is 10.7. The van der Waals surface area contributed by atoms with Crippen LogP contribution in [0.1, 0.15) is 24.2 Å². The van der Waals surface area contributed by atoms with Crippen LogP contribution in [0.2, 0.25) is 0 Å². The molecule has 5 nitrogen and oxygen atoms in total. The molecule has 1 unspecified atom stereocenters. The molecular weight excluding hydrogens is 338 g/mol. The molecule has 0 aliphatic rings. The number of nitro groups is 1. The topological polar surface area (TPSA) is 72.6 Å². The smallest absolute Gasteiger partial charge is 0.312 e. The van der Waals surface area contributed by atoms with Gasteiger partial charge in [-0.25, -0.2) is 0 Å². The van der Waals surface area contributed by atoms with E-state index < -0.39 is 11.0 Å². The second-order valence-corrected chi connectivity index (χ2v) is 5.59. The zero-order valence-electron chi connectivity index (χ0n) is 11.5. The lowest BCUT2D eigenvalue weighted by atomic mass is 10.1. The number of aliphatic hydroxyl groups excluding tert-OH is 1. The van der Waals surface area contributed by atoms with Gasteiger partial charge in [0.25, 0.3) is 0 Å². The van der Waals surface area contributed by atoms with E-state index in [1.54, 1.807) is 44.2 Å². The number of aryl methyl sites for hydroxylation is 1. The Labute approximate surface area is 130 Å². The van der Waals surface area contributed by atoms with E-state index in [1.807, 2.05) is 0 Å². The minimum Gasteiger partial charge on any atom is -0.450 e. The van der Waals surface area contributed by atoms with Crippen LogP contribution < -0.4 is 4.74 Å². The van der Waals surface area contributed by atoms with Crippen molar-refractivity contribution in [1.29, 1.82) is 0 Å². The van der Waals surface area contributed by atoms with Gasteiger partial charge >= 0.3 is 5.69 Å². The molecule has 0 aromatic heterocycles. The summed E-state index contributed by atoms with van der Waals surface area (Å²) in [6, 6.07) is 9.96. The molecule has 6 heteroatoms. The molecule has 2 rings (SSSR count). The van der Waals surface area contributed by atoms with E-state index in [0.29, 0.717) is 15.8 Å². The van der Waals surface area contributed by atoms with Crippen molar-refractivity contribution in [3.8, 4) is 11.5 Å². The molecule has 21 heavy (non-hydrogen) atoms. The van der Waals surface area contributed by atoms with Gasteiger partial charge in [0.05, 0.1) is 11.0 Å². The van der Waals surface area contributed by atoms with Gasteiger partial charge in [-0.15, -0.1) is 0 Å². The van der Waals surface area contributed by atoms with Gasteiger partial charge < -0.3 is 9.84 Å². The molecule has 110 valence electrons. The van der Waals surface area contributed by atoms with Crippen molar-refractivity contribution in [2.45, 2.75) is 20.0 Å². The molecule has 2 aromatic carbocycles. The Kier molecular flexibility index (Phi) is 4.59. The first-order valence-corrected chi connectivity index (χ1v) is 7.08. The van der Waals surface area contributed by atoms with Gasteiger partial charge in [0, 0.05) is 10.5 Å². The highest BCUT2D eigenvalue weighted by atomic mass is 79.9. The van der Waals surface area contributed by atoms with Crippen molar-refractivity contribution in [2.75, 3.05) is 0 Å². The Morgan fingerprint density at radius 3 is 2.43 bits per heavy atom. The molecule has 0 bridgehead atoms. The zero-order valence-corrected chi connectivity index (χ0v) is 13.1. The van der Waals surface area contributed by atoms with Crippen LogP contribution in [0.4, 0.5) is 5.69 Å². The van der Waals surface area contributed by atoms with E-state index in [4.69, 9.17) is 4.74 Å². The van der Waals surface area contributed by atoms with Crippen molar-refractivity contribution >= 4 is 21.6 Å². The molecule has 2 aromatic rings. The van der Waals surface area contributed by atoms with Crippen molar-refractivity contribution in [2.24, 2.45) is 0 Å². The molecule has 0 aliphatic heterocycles. The fraction of sp³-hybridized carbons (Fsp3) is 0.200. The van der Waals surface area contributed by atoms with Crippen molar-refractivity contribution < 1.29 is 14.8 Å². The highest BCUT2D eigenvalue weighted by Crippen LogP contribution is 2.37. The van der Waals surface area contributed by atoms with Gasteiger partial charge in [0.2, 0.25) is 5.75 Å². The van der Waals surface area contributed by atoms with Gasteiger partial charge in [-0.05, 0) is 43.2 Å². The summed E-state index contributed by atoms with van der Waals surface area (Å²) in [5.74, 6) is 0.695. The second kappa shape index (κ2) is 6.24. The van der Waals surface area contributed by atoms with E-state index in [-0.39, 0.29) is 11.4 Å². The number of hydrogen-bond donors (Lipinski definition) is 1. The zero-order chi connectivity index (χ0) is 15.6. The Balaban J connectivity index is 2.37. The second-order valence-electron chi connectivity index (χ2n) is 4.68. The standard InChI is InChI=1S/C15H14BrNO4/c1-9-7-12(16)8-14(17(19)20)15(9)21-13-5-3-11(4-6-13)10(2)18/h3-8,10,18H,1-2H3. The number of ether oxygens (including phenoxy) is 1. The summed E-state index contributed by atoms with van der Waals surface area (Å²) < 4.78 is 6.28. The predicted molar refractivity (Wildman–Crippen MR) is 82.7 cm³/mol. The molecule has 0 saturated heterocycles. The lowest BCUT2D eigenvalue weighted by molar-refractivity contribution is -0.385. The average molecular weight is 352 g/mol. The van der Waals surface area contributed by atoms with Crippen molar-refractivity contribution in [3.05, 3.63) is 62.1 Å². The fourth-order valence-electron chi connectivity index (χ4n) is 1.91. The molecule has 1 atom stereocenters. The van der Waals surface area contributed by atoms with Crippen molar-refractivity contribution in [1.82, 2.24) is 0 Å². The third-order valence-electron chi connectivity index (χ3n) is 3.00. The monoisotopic (exact) mass is 351 g/mol. The highest BCUT2D eigenvalue weighted by Gasteiger charge is 2.19. The van der Waals surface area contributed by atoms with Crippen molar-refractivity contribution in [3.63, 3.8) is 0 Å². The quantitative estimate of drug-likeness (QED) is 0.649. The van der Waals surface area contributed by atoms with Crippen LogP contribution in [-0.2, 0) is 0 Å². The number of aliphatic hydroxyl groups is 1. The van der Waals surface area contributed by atoms with E-state index in [9.17, 15) is 15.2 Å². The maximum atomic E-state index is 11.1. The molecule has 0 fully saturated rings. The van der Waals surface area contributed by atoms with Gasteiger partial charge in [-0.2, -0.15) is 0 Å². The van der Waals surface area contributed by atoms with Gasteiger partial charge in [-0.3, -0.25) is 10.1 Å². The molecule has 0 saturated carbocycles. The van der Waals surface area contributed by atoms with Gasteiger partial charge in [0.1, 0.15) is 5.75 Å². The average Bonchev–Trinajstić information content (AvgIpc) is 2.41. The van der Waals surface area contributed by atoms with Crippen LogP contribution in [-0.4, -0.2) is 10.0 Å². The minimum atomic E-state index is -0.567. The Morgan fingerprint density at radius 2 is 1.90 bits per heavy atom. The molecule has 0 spiro atoms. The highest BCUT2D eigenvalue weighted by molar-refractivity contribution is 9.10.